The van der Waals surface area contributed by atoms with Crippen molar-refractivity contribution in [2.24, 2.45) is 7.05 Å². The number of nitrogens with one attached hydrogen (secondary N) is 1. The molecule has 5 heteroatoms. The number of halogens is 1. The Kier molecular flexibility index (Phi) is 4.31. The first-order valence-corrected chi connectivity index (χ1v) is 8.12. The SMILES string of the molecule is CN(Cc1nccn1C)c1ccc(CNC2CC2)c(Br)c1. The van der Waals surface area contributed by atoms with Crippen LogP contribution in [0.2, 0.25) is 0 Å². The second kappa shape index (κ2) is 6.20. The molecule has 0 radical (unpaired) electrons. The Morgan fingerprint density at radius 2 is 2.24 bits per heavy atom. The third-order valence-electron chi connectivity index (χ3n) is 3.94. The maximum absolute atomic E-state index is 4.38. The highest BCUT2D eigenvalue weighted by molar-refractivity contribution is 9.10. The second-order valence-corrected chi connectivity index (χ2v) is 6.60. The van der Waals surface area contributed by atoms with E-state index in [2.05, 4.69) is 60.9 Å². The minimum absolute atomic E-state index is 0.739. The van der Waals surface area contributed by atoms with E-state index in [1.165, 1.54) is 28.6 Å². The van der Waals surface area contributed by atoms with Crippen molar-refractivity contribution in [3.05, 3.63) is 46.5 Å². The van der Waals surface area contributed by atoms with Crippen molar-refractivity contribution >= 4 is 21.6 Å². The number of aromatic nitrogens is 2. The van der Waals surface area contributed by atoms with E-state index >= 15 is 0 Å². The molecule has 1 aromatic carbocycles. The van der Waals surface area contributed by atoms with Crippen LogP contribution < -0.4 is 10.2 Å². The summed E-state index contributed by atoms with van der Waals surface area (Å²) in [5.41, 5.74) is 2.51. The molecule has 2 aromatic rings. The molecule has 1 N–H and O–H groups in total. The lowest BCUT2D eigenvalue weighted by atomic mass is 10.2. The summed E-state index contributed by atoms with van der Waals surface area (Å²) in [5.74, 6) is 1.06. The van der Waals surface area contributed by atoms with Crippen LogP contribution in [0.1, 0.15) is 24.2 Å². The molecule has 1 aromatic heterocycles. The zero-order valence-electron chi connectivity index (χ0n) is 12.5. The van der Waals surface area contributed by atoms with Gasteiger partial charge in [-0.15, -0.1) is 0 Å². The van der Waals surface area contributed by atoms with Gasteiger partial charge in [-0.2, -0.15) is 0 Å². The molecule has 0 bridgehead atoms. The fourth-order valence-electron chi connectivity index (χ4n) is 2.31. The van der Waals surface area contributed by atoms with Crippen molar-refractivity contribution in [1.29, 1.82) is 0 Å². The Labute approximate surface area is 134 Å². The largest absolute Gasteiger partial charge is 0.367 e. The molecule has 0 amide bonds. The van der Waals surface area contributed by atoms with Gasteiger partial charge in [0.25, 0.3) is 0 Å². The molecule has 3 rings (SSSR count). The van der Waals surface area contributed by atoms with E-state index in [-0.39, 0.29) is 0 Å². The number of benzene rings is 1. The van der Waals surface area contributed by atoms with Gasteiger partial charge in [0.05, 0.1) is 6.54 Å². The van der Waals surface area contributed by atoms with E-state index in [0.29, 0.717) is 0 Å². The van der Waals surface area contributed by atoms with Crippen LogP contribution in [0.4, 0.5) is 5.69 Å². The predicted molar refractivity (Wildman–Crippen MR) is 89.3 cm³/mol. The summed E-state index contributed by atoms with van der Waals surface area (Å²) < 4.78 is 3.22. The Morgan fingerprint density at radius 3 is 2.86 bits per heavy atom. The molecule has 1 heterocycles. The van der Waals surface area contributed by atoms with Crippen molar-refractivity contribution in [2.45, 2.75) is 32.0 Å². The number of imidazole rings is 1. The van der Waals surface area contributed by atoms with E-state index in [4.69, 9.17) is 0 Å². The predicted octanol–water partition coefficient (Wildman–Crippen LogP) is 3.07. The first-order chi connectivity index (χ1) is 10.1. The van der Waals surface area contributed by atoms with Crippen molar-refractivity contribution in [3.8, 4) is 0 Å². The van der Waals surface area contributed by atoms with Crippen LogP contribution in [0.5, 0.6) is 0 Å². The highest BCUT2D eigenvalue weighted by atomic mass is 79.9. The van der Waals surface area contributed by atoms with Gasteiger partial charge < -0.3 is 14.8 Å². The van der Waals surface area contributed by atoms with Gasteiger partial charge in [0.2, 0.25) is 0 Å². The van der Waals surface area contributed by atoms with Crippen LogP contribution in [0.25, 0.3) is 0 Å². The van der Waals surface area contributed by atoms with E-state index in [0.717, 1.165) is 25.0 Å². The first kappa shape index (κ1) is 14.6. The van der Waals surface area contributed by atoms with Gasteiger partial charge in [0.15, 0.2) is 0 Å². The zero-order valence-corrected chi connectivity index (χ0v) is 14.1. The summed E-state index contributed by atoms with van der Waals surface area (Å²) in [5, 5.41) is 3.55. The molecule has 0 atom stereocenters. The summed E-state index contributed by atoms with van der Waals surface area (Å²) in [6.45, 7) is 1.74. The van der Waals surface area contributed by atoms with Crippen LogP contribution in [-0.4, -0.2) is 22.6 Å². The monoisotopic (exact) mass is 348 g/mol. The molecule has 1 fully saturated rings. The van der Waals surface area contributed by atoms with E-state index in [1.807, 2.05) is 19.4 Å². The fourth-order valence-corrected chi connectivity index (χ4v) is 2.82. The van der Waals surface area contributed by atoms with Gasteiger partial charge in [-0.3, -0.25) is 0 Å². The summed E-state index contributed by atoms with van der Waals surface area (Å²) in [4.78, 5) is 6.59. The normalized spacial score (nSPS) is 14.4. The molecule has 1 aliphatic rings. The number of anilines is 1. The standard InChI is InChI=1S/C16H21BrN4/c1-20-8-7-18-16(20)11-21(2)14-6-3-12(15(17)9-14)10-19-13-4-5-13/h3,6-9,13,19H,4-5,10-11H2,1-2H3. The van der Waals surface area contributed by atoms with Gasteiger partial charge in [-0.25, -0.2) is 4.98 Å². The van der Waals surface area contributed by atoms with Crippen molar-refractivity contribution < 1.29 is 0 Å². The molecule has 21 heavy (non-hydrogen) atoms. The Bertz CT molecular complexity index is 618. The lowest BCUT2D eigenvalue weighted by Crippen LogP contribution is -2.19. The molecule has 0 saturated heterocycles. The smallest absolute Gasteiger partial charge is 0.127 e. The van der Waals surface area contributed by atoms with E-state index in [9.17, 15) is 0 Å². The fraction of sp³-hybridized carbons (Fsp3) is 0.438. The van der Waals surface area contributed by atoms with Crippen LogP contribution in [0.15, 0.2) is 35.1 Å². The van der Waals surface area contributed by atoms with Crippen LogP contribution in [0.3, 0.4) is 0 Å². The molecule has 0 aliphatic heterocycles. The van der Waals surface area contributed by atoms with Gasteiger partial charge in [0.1, 0.15) is 5.82 Å². The summed E-state index contributed by atoms with van der Waals surface area (Å²) in [6, 6.07) is 7.30. The van der Waals surface area contributed by atoms with E-state index < -0.39 is 0 Å². The quantitative estimate of drug-likeness (QED) is 0.870. The summed E-state index contributed by atoms with van der Waals surface area (Å²) in [7, 11) is 4.12. The lowest BCUT2D eigenvalue weighted by Gasteiger charge is -2.20. The van der Waals surface area contributed by atoms with Gasteiger partial charge in [-0.05, 0) is 30.5 Å². The summed E-state index contributed by atoms with van der Waals surface area (Å²) in [6.07, 6.45) is 6.46. The van der Waals surface area contributed by atoms with Crippen LogP contribution >= 0.6 is 15.9 Å². The maximum Gasteiger partial charge on any atom is 0.127 e. The third-order valence-corrected chi connectivity index (χ3v) is 4.67. The van der Waals surface area contributed by atoms with Gasteiger partial charge >= 0.3 is 0 Å². The molecule has 112 valence electrons. The molecule has 1 saturated carbocycles. The molecule has 0 spiro atoms. The molecular weight excluding hydrogens is 328 g/mol. The number of hydrogen-bond donors (Lipinski definition) is 1. The minimum atomic E-state index is 0.739. The molecule has 1 aliphatic carbocycles. The Morgan fingerprint density at radius 1 is 1.43 bits per heavy atom. The lowest BCUT2D eigenvalue weighted by molar-refractivity contribution is 0.686. The molecule has 4 nitrogen and oxygen atoms in total. The Balaban J connectivity index is 1.66. The summed E-state index contributed by atoms with van der Waals surface area (Å²) >= 11 is 3.69. The van der Waals surface area contributed by atoms with Crippen LogP contribution in [-0.2, 0) is 20.1 Å². The van der Waals surface area contributed by atoms with Gasteiger partial charge in [0, 0.05) is 49.2 Å². The number of hydrogen-bond acceptors (Lipinski definition) is 3. The van der Waals surface area contributed by atoms with E-state index in [1.54, 1.807) is 0 Å². The van der Waals surface area contributed by atoms with Crippen molar-refractivity contribution in [1.82, 2.24) is 14.9 Å². The first-order valence-electron chi connectivity index (χ1n) is 7.32. The highest BCUT2D eigenvalue weighted by Gasteiger charge is 2.20. The average molecular weight is 349 g/mol. The number of aryl methyl sites for hydroxylation is 1. The molecule has 0 unspecified atom stereocenters. The third kappa shape index (κ3) is 3.66. The zero-order chi connectivity index (χ0) is 14.8. The van der Waals surface area contributed by atoms with Crippen molar-refractivity contribution in [3.63, 3.8) is 0 Å². The molecular formula is C16H21BrN4. The minimum Gasteiger partial charge on any atom is -0.367 e. The highest BCUT2D eigenvalue weighted by Crippen LogP contribution is 2.26. The number of rotatable bonds is 6. The Hall–Kier alpha value is -1.33. The van der Waals surface area contributed by atoms with Crippen LogP contribution in [0, 0.1) is 0 Å². The topological polar surface area (TPSA) is 33.1 Å². The van der Waals surface area contributed by atoms with Crippen molar-refractivity contribution in [2.75, 3.05) is 11.9 Å². The average Bonchev–Trinajstić information content (AvgIpc) is 3.21. The van der Waals surface area contributed by atoms with Gasteiger partial charge in [-0.1, -0.05) is 22.0 Å². The number of nitrogens with zero attached hydrogens (tertiary/aromatic N) is 3. The second-order valence-electron chi connectivity index (χ2n) is 5.74. The maximum atomic E-state index is 4.38.